The lowest BCUT2D eigenvalue weighted by molar-refractivity contribution is -0.135. The maximum absolute atomic E-state index is 15.0. The minimum atomic E-state index is -1.18. The highest BCUT2D eigenvalue weighted by molar-refractivity contribution is 5.90. The number of carboxylic acid groups (broad SMARTS) is 1. The van der Waals surface area contributed by atoms with Gasteiger partial charge >= 0.3 is 5.97 Å². The summed E-state index contributed by atoms with van der Waals surface area (Å²) in [6.07, 6.45) is 3.37. The van der Waals surface area contributed by atoms with Crippen LogP contribution in [0, 0.1) is 5.82 Å². The molecule has 1 aliphatic carbocycles. The fourth-order valence-corrected chi connectivity index (χ4v) is 3.61. The van der Waals surface area contributed by atoms with Gasteiger partial charge in [-0.3, -0.25) is 0 Å². The number of piperazine rings is 1. The number of rotatable bonds is 4. The predicted molar refractivity (Wildman–Crippen MR) is 94.5 cm³/mol. The first-order valence-corrected chi connectivity index (χ1v) is 8.79. The van der Waals surface area contributed by atoms with Crippen molar-refractivity contribution in [3.8, 4) is 11.5 Å². The first-order chi connectivity index (χ1) is 12.5. The van der Waals surface area contributed by atoms with Gasteiger partial charge < -0.3 is 29.7 Å². The van der Waals surface area contributed by atoms with Gasteiger partial charge in [0.2, 0.25) is 5.76 Å². The Balaban J connectivity index is 1.83. The molecule has 26 heavy (non-hydrogen) atoms. The van der Waals surface area contributed by atoms with Crippen molar-refractivity contribution < 1.29 is 23.8 Å². The van der Waals surface area contributed by atoms with Crippen LogP contribution < -0.4 is 24.6 Å². The van der Waals surface area contributed by atoms with Crippen LogP contribution in [0.5, 0.6) is 11.5 Å². The van der Waals surface area contributed by atoms with Gasteiger partial charge in [-0.25, -0.2) is 9.18 Å². The zero-order valence-corrected chi connectivity index (χ0v) is 14.8. The highest BCUT2D eigenvalue weighted by Crippen LogP contribution is 2.51. The van der Waals surface area contributed by atoms with Crippen molar-refractivity contribution in [2.75, 3.05) is 36.5 Å². The van der Waals surface area contributed by atoms with Crippen molar-refractivity contribution in [1.82, 2.24) is 5.32 Å². The summed E-state index contributed by atoms with van der Waals surface area (Å²) in [5.41, 5.74) is 1.00. The van der Waals surface area contributed by atoms with Crippen molar-refractivity contribution in [2.24, 2.45) is 0 Å². The molecule has 2 heterocycles. The summed E-state index contributed by atoms with van der Waals surface area (Å²) in [7, 11) is 1.51. The summed E-state index contributed by atoms with van der Waals surface area (Å²) in [6, 6.07) is 1.69. The number of hydrogen-bond donors (Lipinski definition) is 2. The molecule has 2 aliphatic heterocycles. The molecule has 0 radical (unpaired) electrons. The van der Waals surface area contributed by atoms with Gasteiger partial charge in [0, 0.05) is 37.8 Å². The Kier molecular flexibility index (Phi) is 4.14. The molecule has 0 amide bonds. The summed E-state index contributed by atoms with van der Waals surface area (Å²) < 4.78 is 26.1. The number of aliphatic carboxylic acids is 1. The molecule has 0 spiro atoms. The van der Waals surface area contributed by atoms with E-state index < -0.39 is 11.8 Å². The van der Waals surface area contributed by atoms with Gasteiger partial charge in [0.1, 0.15) is 11.4 Å². The Labute approximate surface area is 151 Å². The van der Waals surface area contributed by atoms with Crippen LogP contribution in [0.2, 0.25) is 0 Å². The molecular formula is C18H22FN3O4. The molecule has 1 atom stereocenters. The standard InChI is InChI=1S/C18H22FN3O4/c1-10-8-21(6-5-20-10)15-12(19)7-13-16(17(15)25-2)22(11-3-4-11)9-14(26-13)18(23)24/h7,9-11,20H,3-6,8H2,1-2H3,(H,23,24). The minimum absolute atomic E-state index is 0.179. The number of methoxy groups -OCH3 is 1. The number of hydrogen-bond acceptors (Lipinski definition) is 6. The van der Waals surface area contributed by atoms with Crippen molar-refractivity contribution in [3.63, 3.8) is 0 Å². The molecule has 1 saturated heterocycles. The van der Waals surface area contributed by atoms with Crippen LogP contribution in [0.3, 0.4) is 0 Å². The molecule has 7 nitrogen and oxygen atoms in total. The van der Waals surface area contributed by atoms with E-state index in [-0.39, 0.29) is 23.6 Å². The number of benzene rings is 1. The third kappa shape index (κ3) is 2.84. The number of carbonyl (C=O) groups is 1. The van der Waals surface area contributed by atoms with Gasteiger partial charge in [0.15, 0.2) is 17.3 Å². The van der Waals surface area contributed by atoms with Crippen LogP contribution in [0.15, 0.2) is 18.0 Å². The quantitative estimate of drug-likeness (QED) is 0.847. The Morgan fingerprint density at radius 2 is 2.19 bits per heavy atom. The van der Waals surface area contributed by atoms with Crippen molar-refractivity contribution in [1.29, 1.82) is 0 Å². The molecule has 140 valence electrons. The van der Waals surface area contributed by atoms with Gasteiger partial charge in [-0.15, -0.1) is 0 Å². The molecule has 2 fully saturated rings. The van der Waals surface area contributed by atoms with Crippen molar-refractivity contribution in [2.45, 2.75) is 31.8 Å². The lowest BCUT2D eigenvalue weighted by Gasteiger charge is -2.37. The van der Waals surface area contributed by atoms with E-state index in [0.717, 1.165) is 19.4 Å². The lowest BCUT2D eigenvalue weighted by atomic mass is 10.1. The zero-order valence-electron chi connectivity index (χ0n) is 14.8. The first-order valence-electron chi connectivity index (χ1n) is 8.79. The second-order valence-corrected chi connectivity index (χ2v) is 6.93. The van der Waals surface area contributed by atoms with Crippen LogP contribution in [0.25, 0.3) is 0 Å². The molecule has 1 aromatic carbocycles. The largest absolute Gasteiger partial charge is 0.492 e. The predicted octanol–water partition coefficient (Wildman–Crippen LogP) is 1.92. The number of nitrogens with zero attached hydrogens (tertiary/aromatic N) is 2. The fourth-order valence-electron chi connectivity index (χ4n) is 3.61. The second kappa shape index (κ2) is 6.35. The van der Waals surface area contributed by atoms with Crippen LogP contribution in [0.1, 0.15) is 19.8 Å². The van der Waals surface area contributed by atoms with Crippen LogP contribution in [-0.2, 0) is 4.79 Å². The molecule has 4 rings (SSSR count). The van der Waals surface area contributed by atoms with Crippen molar-refractivity contribution >= 4 is 17.3 Å². The molecule has 3 aliphatic rings. The van der Waals surface area contributed by atoms with Crippen molar-refractivity contribution in [3.05, 3.63) is 23.8 Å². The number of halogens is 1. The van der Waals surface area contributed by atoms with Gasteiger partial charge in [0.25, 0.3) is 0 Å². The van der Waals surface area contributed by atoms with Gasteiger partial charge in [-0.05, 0) is 19.8 Å². The van der Waals surface area contributed by atoms with E-state index in [1.54, 1.807) is 0 Å². The number of carboxylic acids is 1. The highest BCUT2D eigenvalue weighted by atomic mass is 19.1. The maximum Gasteiger partial charge on any atom is 0.373 e. The van der Waals surface area contributed by atoms with E-state index in [1.165, 1.54) is 19.4 Å². The molecular weight excluding hydrogens is 341 g/mol. The van der Waals surface area contributed by atoms with E-state index >= 15 is 4.39 Å². The Bertz CT molecular complexity index is 778. The Morgan fingerprint density at radius 1 is 1.42 bits per heavy atom. The molecule has 1 aromatic rings. The van der Waals surface area contributed by atoms with Crippen LogP contribution in [-0.4, -0.2) is 49.9 Å². The normalized spacial score (nSPS) is 22.4. The summed E-state index contributed by atoms with van der Waals surface area (Å²) in [5, 5.41) is 12.6. The third-order valence-corrected chi connectivity index (χ3v) is 4.92. The monoisotopic (exact) mass is 363 g/mol. The number of anilines is 2. The summed E-state index contributed by atoms with van der Waals surface area (Å²) in [5.74, 6) is -1.30. The Morgan fingerprint density at radius 3 is 2.81 bits per heavy atom. The second-order valence-electron chi connectivity index (χ2n) is 6.93. The number of ether oxygens (including phenoxy) is 2. The van der Waals surface area contributed by atoms with Gasteiger partial charge in [-0.1, -0.05) is 0 Å². The van der Waals surface area contributed by atoms with Gasteiger partial charge in [-0.2, -0.15) is 0 Å². The number of fused-ring (bicyclic) bond motifs is 1. The van der Waals surface area contributed by atoms with E-state index in [9.17, 15) is 9.90 Å². The SMILES string of the molecule is COc1c(N2CCNC(C)C2)c(F)cc2c1N(C1CC1)C=C(C(=O)O)O2. The molecule has 0 aromatic heterocycles. The van der Waals surface area contributed by atoms with E-state index in [4.69, 9.17) is 9.47 Å². The summed E-state index contributed by atoms with van der Waals surface area (Å²) >= 11 is 0. The number of nitrogens with one attached hydrogen (secondary N) is 1. The minimum Gasteiger partial charge on any atom is -0.492 e. The zero-order chi connectivity index (χ0) is 18.4. The molecule has 1 saturated carbocycles. The van der Waals surface area contributed by atoms with Gasteiger partial charge in [0.05, 0.1) is 13.3 Å². The summed E-state index contributed by atoms with van der Waals surface area (Å²) in [4.78, 5) is 15.2. The molecule has 8 heteroatoms. The topological polar surface area (TPSA) is 74.3 Å². The van der Waals surface area contributed by atoms with E-state index in [0.29, 0.717) is 30.2 Å². The van der Waals surface area contributed by atoms with Crippen LogP contribution >= 0.6 is 0 Å². The third-order valence-electron chi connectivity index (χ3n) is 4.92. The summed E-state index contributed by atoms with van der Waals surface area (Å²) in [6.45, 7) is 4.13. The smallest absolute Gasteiger partial charge is 0.373 e. The highest BCUT2D eigenvalue weighted by Gasteiger charge is 2.39. The molecule has 0 bridgehead atoms. The fraction of sp³-hybridized carbons (Fsp3) is 0.500. The molecule has 2 N–H and O–H groups in total. The van der Waals surface area contributed by atoms with E-state index in [1.807, 2.05) is 9.80 Å². The first kappa shape index (κ1) is 17.0. The van der Waals surface area contributed by atoms with Crippen LogP contribution in [0.4, 0.5) is 15.8 Å². The molecule has 1 unspecified atom stereocenters. The maximum atomic E-state index is 15.0. The average molecular weight is 363 g/mol. The van der Waals surface area contributed by atoms with E-state index in [2.05, 4.69) is 12.2 Å². The average Bonchev–Trinajstić information content (AvgIpc) is 3.44. The Hall–Kier alpha value is -2.48. The lowest BCUT2D eigenvalue weighted by Crippen LogP contribution is -2.49.